The number of piperidine rings is 1. The van der Waals surface area contributed by atoms with Crippen molar-refractivity contribution < 1.29 is 18.3 Å². The predicted molar refractivity (Wildman–Crippen MR) is 95.4 cm³/mol. The Balaban J connectivity index is 1.36. The molecule has 1 aromatic heterocycles. The van der Waals surface area contributed by atoms with Crippen LogP contribution in [0.3, 0.4) is 0 Å². The van der Waals surface area contributed by atoms with E-state index in [-0.39, 0.29) is 17.3 Å². The van der Waals surface area contributed by atoms with Gasteiger partial charge in [-0.3, -0.25) is 4.79 Å². The van der Waals surface area contributed by atoms with Gasteiger partial charge >= 0.3 is 0 Å². The monoisotopic (exact) mass is 357 g/mol. The first-order valence-corrected chi connectivity index (χ1v) is 9.33. The molecule has 26 heavy (non-hydrogen) atoms. The molecule has 1 aromatic carbocycles. The summed E-state index contributed by atoms with van der Waals surface area (Å²) in [6.45, 7) is 2.16. The summed E-state index contributed by atoms with van der Waals surface area (Å²) in [5, 5.41) is 0. The number of nitrogens with zero attached hydrogens (tertiary/aromatic N) is 1. The van der Waals surface area contributed by atoms with Crippen LogP contribution in [0.25, 0.3) is 0 Å². The third-order valence-electron chi connectivity index (χ3n) is 5.74. The lowest BCUT2D eigenvalue weighted by atomic mass is 9.77. The molecule has 0 radical (unpaired) electrons. The molecular formula is C21H24FNO3. The van der Waals surface area contributed by atoms with E-state index in [2.05, 4.69) is 0 Å². The first-order chi connectivity index (χ1) is 12.6. The minimum absolute atomic E-state index is 0.0284. The average molecular weight is 357 g/mol. The van der Waals surface area contributed by atoms with Crippen LogP contribution in [0.2, 0.25) is 0 Å². The average Bonchev–Trinajstić information content (AvgIpc) is 3.17. The molecule has 0 saturated carbocycles. The van der Waals surface area contributed by atoms with Crippen LogP contribution in [-0.4, -0.2) is 36.1 Å². The van der Waals surface area contributed by atoms with Gasteiger partial charge in [-0.05, 0) is 61.8 Å². The van der Waals surface area contributed by atoms with Crippen LogP contribution >= 0.6 is 0 Å². The highest BCUT2D eigenvalue weighted by Gasteiger charge is 2.41. The molecule has 3 heterocycles. The fourth-order valence-electron chi connectivity index (χ4n) is 4.34. The summed E-state index contributed by atoms with van der Waals surface area (Å²) in [4.78, 5) is 14.3. The molecule has 138 valence electrons. The van der Waals surface area contributed by atoms with Gasteiger partial charge in [0.1, 0.15) is 12.1 Å². The maximum Gasteiger partial charge on any atom is 0.257 e. The number of benzene rings is 1. The smallest absolute Gasteiger partial charge is 0.257 e. The maximum atomic E-state index is 13.4. The number of halogens is 1. The van der Waals surface area contributed by atoms with Gasteiger partial charge < -0.3 is 14.1 Å². The molecule has 2 aromatic rings. The number of rotatable bonds is 3. The zero-order chi connectivity index (χ0) is 18.0. The van der Waals surface area contributed by atoms with Crippen molar-refractivity contribution in [2.75, 3.05) is 19.7 Å². The number of ether oxygens (including phenoxy) is 1. The highest BCUT2D eigenvalue weighted by atomic mass is 19.1. The molecule has 2 saturated heterocycles. The third kappa shape index (κ3) is 3.68. The Labute approximate surface area is 152 Å². The number of hydrogen-bond acceptors (Lipinski definition) is 3. The highest BCUT2D eigenvalue weighted by Crippen LogP contribution is 2.39. The fraction of sp³-hybridized carbons (Fsp3) is 0.476. The SMILES string of the molecule is O=C(c1ccoc1)N1CCC2(CC1)CC(Cc1cccc(F)c1)CCO2. The van der Waals surface area contributed by atoms with Crippen molar-refractivity contribution in [1.82, 2.24) is 4.90 Å². The lowest BCUT2D eigenvalue weighted by molar-refractivity contribution is -0.123. The molecular weight excluding hydrogens is 333 g/mol. The van der Waals surface area contributed by atoms with Gasteiger partial charge in [-0.2, -0.15) is 0 Å². The van der Waals surface area contributed by atoms with Gasteiger partial charge in [0.15, 0.2) is 0 Å². The second kappa shape index (κ2) is 7.23. The lowest BCUT2D eigenvalue weighted by Crippen LogP contribution is -2.51. The molecule has 1 spiro atoms. The molecule has 0 bridgehead atoms. The molecule has 4 rings (SSSR count). The summed E-state index contributed by atoms with van der Waals surface area (Å²) in [7, 11) is 0. The van der Waals surface area contributed by atoms with Crippen LogP contribution in [0.4, 0.5) is 4.39 Å². The Morgan fingerprint density at radius 2 is 2.12 bits per heavy atom. The zero-order valence-electron chi connectivity index (χ0n) is 14.8. The Hall–Kier alpha value is -2.14. The van der Waals surface area contributed by atoms with E-state index in [0.29, 0.717) is 24.6 Å². The standard InChI is InChI=1S/C21H24FNO3/c22-19-3-1-2-16(13-19)12-17-4-11-26-21(14-17)6-8-23(9-7-21)20(24)18-5-10-25-15-18/h1-3,5,10,13,15,17H,4,6-9,11-12,14H2. The number of likely N-dealkylation sites (tertiary alicyclic amines) is 1. The van der Waals surface area contributed by atoms with E-state index in [1.165, 1.54) is 18.6 Å². The molecule has 5 heteroatoms. The second-order valence-corrected chi connectivity index (χ2v) is 7.53. The Morgan fingerprint density at radius 1 is 1.27 bits per heavy atom. The van der Waals surface area contributed by atoms with Gasteiger partial charge in [0, 0.05) is 19.7 Å². The van der Waals surface area contributed by atoms with Crippen LogP contribution < -0.4 is 0 Å². The van der Waals surface area contributed by atoms with E-state index < -0.39 is 0 Å². The van der Waals surface area contributed by atoms with Crippen molar-refractivity contribution in [2.24, 2.45) is 5.92 Å². The lowest BCUT2D eigenvalue weighted by Gasteiger charge is -2.46. The summed E-state index contributed by atoms with van der Waals surface area (Å²) in [5.41, 5.74) is 1.53. The molecule has 2 fully saturated rings. The van der Waals surface area contributed by atoms with Gasteiger partial charge in [0.25, 0.3) is 5.91 Å². The van der Waals surface area contributed by atoms with Crippen LogP contribution in [0.15, 0.2) is 47.3 Å². The van der Waals surface area contributed by atoms with Gasteiger partial charge in [-0.15, -0.1) is 0 Å². The van der Waals surface area contributed by atoms with Gasteiger partial charge in [-0.25, -0.2) is 4.39 Å². The quantitative estimate of drug-likeness (QED) is 0.832. The van der Waals surface area contributed by atoms with E-state index in [1.54, 1.807) is 18.2 Å². The van der Waals surface area contributed by atoms with Gasteiger partial charge in [0.05, 0.1) is 17.4 Å². The van der Waals surface area contributed by atoms with E-state index in [4.69, 9.17) is 9.15 Å². The Morgan fingerprint density at radius 3 is 2.85 bits per heavy atom. The molecule has 1 unspecified atom stereocenters. The Kier molecular flexibility index (Phi) is 4.81. The van der Waals surface area contributed by atoms with Crippen molar-refractivity contribution in [3.05, 3.63) is 59.8 Å². The first-order valence-electron chi connectivity index (χ1n) is 9.33. The summed E-state index contributed by atoms with van der Waals surface area (Å²) < 4.78 is 24.6. The third-order valence-corrected chi connectivity index (χ3v) is 5.74. The van der Waals surface area contributed by atoms with E-state index in [9.17, 15) is 9.18 Å². The van der Waals surface area contributed by atoms with Crippen molar-refractivity contribution in [3.63, 3.8) is 0 Å². The maximum absolute atomic E-state index is 13.4. The molecule has 0 N–H and O–H groups in total. The number of hydrogen-bond donors (Lipinski definition) is 0. The van der Waals surface area contributed by atoms with Crippen molar-refractivity contribution in [2.45, 2.75) is 37.7 Å². The largest absolute Gasteiger partial charge is 0.472 e. The second-order valence-electron chi connectivity index (χ2n) is 7.53. The zero-order valence-corrected chi connectivity index (χ0v) is 14.8. The molecule has 0 aliphatic carbocycles. The van der Waals surface area contributed by atoms with E-state index in [1.807, 2.05) is 11.0 Å². The van der Waals surface area contributed by atoms with Crippen LogP contribution in [0.1, 0.15) is 41.6 Å². The normalized spacial score (nSPS) is 22.5. The Bertz CT molecular complexity index is 750. The number of furan rings is 1. The van der Waals surface area contributed by atoms with Gasteiger partial charge in [-0.1, -0.05) is 12.1 Å². The minimum Gasteiger partial charge on any atom is -0.472 e. The van der Waals surface area contributed by atoms with Crippen LogP contribution in [0.5, 0.6) is 0 Å². The van der Waals surface area contributed by atoms with E-state index in [0.717, 1.165) is 44.3 Å². The first kappa shape index (κ1) is 17.3. The molecule has 1 atom stereocenters. The van der Waals surface area contributed by atoms with Crippen LogP contribution in [0, 0.1) is 11.7 Å². The van der Waals surface area contributed by atoms with Crippen LogP contribution in [-0.2, 0) is 11.2 Å². The number of carbonyl (C=O) groups is 1. The van der Waals surface area contributed by atoms with Crippen molar-refractivity contribution in [3.8, 4) is 0 Å². The number of amides is 1. The van der Waals surface area contributed by atoms with E-state index >= 15 is 0 Å². The molecule has 2 aliphatic heterocycles. The predicted octanol–water partition coefficient (Wildman–Crippen LogP) is 4.06. The highest BCUT2D eigenvalue weighted by molar-refractivity contribution is 5.93. The van der Waals surface area contributed by atoms with Crippen molar-refractivity contribution in [1.29, 1.82) is 0 Å². The van der Waals surface area contributed by atoms with Gasteiger partial charge in [0.2, 0.25) is 0 Å². The summed E-state index contributed by atoms with van der Waals surface area (Å²) in [5.74, 6) is 0.359. The number of carbonyl (C=O) groups excluding carboxylic acids is 1. The molecule has 4 nitrogen and oxygen atoms in total. The molecule has 1 amide bonds. The topological polar surface area (TPSA) is 42.7 Å². The summed E-state index contributed by atoms with van der Waals surface area (Å²) >= 11 is 0. The minimum atomic E-state index is -0.171. The summed E-state index contributed by atoms with van der Waals surface area (Å²) in [6, 6.07) is 8.60. The van der Waals surface area contributed by atoms with Crippen molar-refractivity contribution >= 4 is 5.91 Å². The fourth-order valence-corrected chi connectivity index (χ4v) is 4.34. The summed E-state index contributed by atoms with van der Waals surface area (Å²) in [6.07, 6.45) is 7.62. The molecule has 2 aliphatic rings.